The number of ether oxygens (including phenoxy) is 1. The van der Waals surface area contributed by atoms with Crippen molar-refractivity contribution in [1.29, 1.82) is 0 Å². The summed E-state index contributed by atoms with van der Waals surface area (Å²) in [6.45, 7) is 4.21. The summed E-state index contributed by atoms with van der Waals surface area (Å²) in [6, 6.07) is 10.8. The van der Waals surface area contributed by atoms with Crippen LogP contribution < -0.4 is 9.64 Å². The normalized spacial score (nSPS) is 23.1. The monoisotopic (exact) mass is 322 g/mol. The molecule has 0 N–H and O–H groups in total. The molecule has 1 aromatic heterocycles. The fraction of sp³-hybridized carbons (Fsp3) is 0.476. The van der Waals surface area contributed by atoms with Gasteiger partial charge in [0.15, 0.2) is 0 Å². The number of nitrogens with zero attached hydrogens (tertiary/aromatic N) is 2. The molecule has 2 aromatic rings. The van der Waals surface area contributed by atoms with Crippen LogP contribution in [0.5, 0.6) is 5.75 Å². The second-order valence-corrected chi connectivity index (χ2v) is 7.35. The van der Waals surface area contributed by atoms with Crippen molar-refractivity contribution in [2.75, 3.05) is 18.1 Å². The number of benzene rings is 1. The second kappa shape index (κ2) is 6.84. The molecule has 1 fully saturated rings. The molecule has 2 heterocycles. The third kappa shape index (κ3) is 3.26. The molecular weight excluding hydrogens is 296 g/mol. The van der Waals surface area contributed by atoms with Crippen LogP contribution in [0.25, 0.3) is 0 Å². The third-order valence-electron chi connectivity index (χ3n) is 5.52. The summed E-state index contributed by atoms with van der Waals surface area (Å²) in [4.78, 5) is 6.76. The molecule has 0 spiro atoms. The first-order valence-electron chi connectivity index (χ1n) is 9.23. The Bertz CT molecular complexity index is 692. The van der Waals surface area contributed by atoms with Crippen LogP contribution in [0.2, 0.25) is 0 Å². The number of hydrogen-bond donors (Lipinski definition) is 0. The Kier molecular flexibility index (Phi) is 4.42. The predicted molar refractivity (Wildman–Crippen MR) is 98.0 cm³/mol. The molecular formula is C21H26N2O. The van der Waals surface area contributed by atoms with Gasteiger partial charge in [0, 0.05) is 18.3 Å². The number of hydrogen-bond acceptors (Lipinski definition) is 3. The van der Waals surface area contributed by atoms with Crippen LogP contribution in [0.3, 0.4) is 0 Å². The van der Waals surface area contributed by atoms with Crippen LogP contribution in [0.4, 0.5) is 11.4 Å². The average molecular weight is 322 g/mol. The lowest BCUT2D eigenvalue weighted by Crippen LogP contribution is -2.19. The quantitative estimate of drug-likeness (QED) is 0.793. The lowest BCUT2D eigenvalue weighted by Gasteiger charge is -2.26. The number of anilines is 2. The van der Waals surface area contributed by atoms with Crippen molar-refractivity contribution in [3.8, 4) is 5.75 Å². The van der Waals surface area contributed by atoms with E-state index in [4.69, 9.17) is 4.74 Å². The van der Waals surface area contributed by atoms with Crippen molar-refractivity contribution >= 4 is 11.4 Å². The van der Waals surface area contributed by atoms with Gasteiger partial charge in [-0.2, -0.15) is 0 Å². The number of pyridine rings is 1. The summed E-state index contributed by atoms with van der Waals surface area (Å²) in [7, 11) is 0. The zero-order chi connectivity index (χ0) is 16.4. The van der Waals surface area contributed by atoms with Gasteiger partial charge >= 0.3 is 0 Å². The van der Waals surface area contributed by atoms with Crippen molar-refractivity contribution in [3.05, 3.63) is 48.3 Å². The van der Waals surface area contributed by atoms with Gasteiger partial charge in [0.25, 0.3) is 0 Å². The van der Waals surface area contributed by atoms with Gasteiger partial charge in [-0.25, -0.2) is 0 Å². The minimum Gasteiger partial charge on any atom is -0.492 e. The molecule has 3 nitrogen and oxygen atoms in total. The van der Waals surface area contributed by atoms with E-state index in [-0.39, 0.29) is 0 Å². The molecule has 1 aliphatic carbocycles. The van der Waals surface area contributed by atoms with E-state index < -0.39 is 0 Å². The summed E-state index contributed by atoms with van der Waals surface area (Å²) in [5, 5.41) is 0. The largest absolute Gasteiger partial charge is 0.492 e. The molecule has 1 aromatic carbocycles. The van der Waals surface area contributed by atoms with Crippen molar-refractivity contribution in [3.63, 3.8) is 0 Å². The van der Waals surface area contributed by atoms with Gasteiger partial charge in [-0.05, 0) is 42.7 Å². The number of aromatic nitrogens is 1. The molecule has 4 rings (SSSR count). The molecule has 1 saturated carbocycles. The van der Waals surface area contributed by atoms with Gasteiger partial charge in [0.1, 0.15) is 5.75 Å². The molecule has 24 heavy (non-hydrogen) atoms. The molecule has 2 aliphatic rings. The zero-order valence-electron chi connectivity index (χ0n) is 14.4. The average Bonchev–Trinajstić information content (AvgIpc) is 3.06. The van der Waals surface area contributed by atoms with Crippen molar-refractivity contribution < 1.29 is 4.74 Å². The van der Waals surface area contributed by atoms with Crippen LogP contribution in [0, 0.1) is 11.8 Å². The minimum absolute atomic E-state index is 0.706. The standard InChI is InChI=1S/C21H26N2O/c1-16-6-8-17(9-7-16)15-24-20-12-19(13-22-14-20)23-11-10-18-4-2-3-5-21(18)23/h2-5,12-14,16-17H,6-11,15H2,1H3. The highest BCUT2D eigenvalue weighted by Crippen LogP contribution is 2.35. The van der Waals surface area contributed by atoms with Gasteiger partial charge in [0.05, 0.1) is 24.7 Å². The first-order chi connectivity index (χ1) is 11.8. The Morgan fingerprint density at radius 3 is 2.83 bits per heavy atom. The summed E-state index contributed by atoms with van der Waals surface area (Å²) < 4.78 is 6.08. The maximum absolute atomic E-state index is 6.08. The highest BCUT2D eigenvalue weighted by atomic mass is 16.5. The van der Waals surface area contributed by atoms with Gasteiger partial charge in [-0.1, -0.05) is 38.0 Å². The van der Waals surface area contributed by atoms with Crippen molar-refractivity contribution in [1.82, 2.24) is 4.98 Å². The molecule has 0 unspecified atom stereocenters. The van der Waals surface area contributed by atoms with Gasteiger partial charge < -0.3 is 9.64 Å². The first kappa shape index (κ1) is 15.5. The highest BCUT2D eigenvalue weighted by Gasteiger charge is 2.21. The molecule has 0 radical (unpaired) electrons. The topological polar surface area (TPSA) is 25.4 Å². The molecule has 0 amide bonds. The van der Waals surface area contributed by atoms with Gasteiger partial charge in [-0.15, -0.1) is 0 Å². The Hall–Kier alpha value is -2.03. The molecule has 0 atom stereocenters. The number of rotatable bonds is 4. The SMILES string of the molecule is CC1CCC(COc2cncc(N3CCc4ccccc43)c2)CC1. The first-order valence-corrected chi connectivity index (χ1v) is 9.23. The number of fused-ring (bicyclic) bond motifs is 1. The van der Waals surface area contributed by atoms with Gasteiger partial charge in [-0.3, -0.25) is 4.98 Å². The smallest absolute Gasteiger partial charge is 0.139 e. The van der Waals surface area contributed by atoms with E-state index >= 15 is 0 Å². The minimum atomic E-state index is 0.706. The Balaban J connectivity index is 1.43. The van der Waals surface area contributed by atoms with Gasteiger partial charge in [0.2, 0.25) is 0 Å². The van der Waals surface area contributed by atoms with E-state index in [0.717, 1.165) is 36.9 Å². The lowest BCUT2D eigenvalue weighted by atomic mass is 9.83. The Morgan fingerprint density at radius 1 is 1.12 bits per heavy atom. The summed E-state index contributed by atoms with van der Waals surface area (Å²) in [5.74, 6) is 2.49. The van der Waals surface area contributed by atoms with E-state index in [1.165, 1.54) is 36.9 Å². The van der Waals surface area contributed by atoms with Crippen LogP contribution in [0.1, 0.15) is 38.2 Å². The highest BCUT2D eigenvalue weighted by molar-refractivity contribution is 5.69. The second-order valence-electron chi connectivity index (χ2n) is 7.35. The van der Waals surface area contributed by atoms with E-state index in [9.17, 15) is 0 Å². The van der Waals surface area contributed by atoms with Crippen LogP contribution in [0.15, 0.2) is 42.7 Å². The molecule has 0 bridgehead atoms. The van der Waals surface area contributed by atoms with Crippen molar-refractivity contribution in [2.45, 2.75) is 39.0 Å². The zero-order valence-corrected chi connectivity index (χ0v) is 14.4. The van der Waals surface area contributed by atoms with Crippen LogP contribution >= 0.6 is 0 Å². The van der Waals surface area contributed by atoms with Crippen molar-refractivity contribution in [2.24, 2.45) is 11.8 Å². The van der Waals surface area contributed by atoms with Crippen LogP contribution in [-0.2, 0) is 6.42 Å². The molecule has 3 heteroatoms. The van der Waals surface area contributed by atoms with E-state index in [1.54, 1.807) is 0 Å². The third-order valence-corrected chi connectivity index (χ3v) is 5.52. The number of para-hydroxylation sites is 1. The van der Waals surface area contributed by atoms with E-state index in [0.29, 0.717) is 5.92 Å². The summed E-state index contributed by atoms with van der Waals surface area (Å²) >= 11 is 0. The maximum Gasteiger partial charge on any atom is 0.139 e. The molecule has 1 aliphatic heterocycles. The Morgan fingerprint density at radius 2 is 1.96 bits per heavy atom. The fourth-order valence-electron chi connectivity index (χ4n) is 3.95. The lowest BCUT2D eigenvalue weighted by molar-refractivity contribution is 0.187. The Labute approximate surface area is 144 Å². The molecule has 0 saturated heterocycles. The summed E-state index contributed by atoms with van der Waals surface area (Å²) in [5.41, 5.74) is 3.85. The van der Waals surface area contributed by atoms with E-state index in [1.807, 2.05) is 12.4 Å². The maximum atomic E-state index is 6.08. The van der Waals surface area contributed by atoms with Crippen LogP contribution in [-0.4, -0.2) is 18.1 Å². The predicted octanol–water partition coefficient (Wildman–Crippen LogP) is 4.98. The summed E-state index contributed by atoms with van der Waals surface area (Å²) in [6.07, 6.45) is 10.2. The fourth-order valence-corrected chi connectivity index (χ4v) is 3.95. The van der Waals surface area contributed by atoms with E-state index in [2.05, 4.69) is 47.1 Å². The molecule has 126 valence electrons.